The van der Waals surface area contributed by atoms with Gasteiger partial charge < -0.3 is 20.1 Å². The minimum Gasteiger partial charge on any atom is -0.493 e. The molecule has 0 aliphatic carbocycles. The first-order valence-electron chi connectivity index (χ1n) is 8.47. The Kier molecular flexibility index (Phi) is 5.89. The lowest BCUT2D eigenvalue weighted by Crippen LogP contribution is -2.12. The van der Waals surface area contributed by atoms with Crippen LogP contribution in [0, 0.1) is 0 Å². The van der Waals surface area contributed by atoms with E-state index in [4.69, 9.17) is 9.47 Å². The molecule has 0 fully saturated rings. The van der Waals surface area contributed by atoms with Gasteiger partial charge in [0.25, 0.3) is 5.91 Å². The fourth-order valence-electron chi connectivity index (χ4n) is 2.54. The number of carbonyl (C=O) groups is 1. The van der Waals surface area contributed by atoms with Crippen molar-refractivity contribution in [2.24, 2.45) is 0 Å². The van der Waals surface area contributed by atoms with Crippen LogP contribution in [0.3, 0.4) is 0 Å². The summed E-state index contributed by atoms with van der Waals surface area (Å²) in [5, 5.41) is 6.07. The first-order chi connectivity index (χ1) is 13.2. The molecule has 0 spiro atoms. The van der Waals surface area contributed by atoms with Crippen LogP contribution in [0.2, 0.25) is 0 Å². The third kappa shape index (κ3) is 4.76. The highest BCUT2D eigenvalue weighted by molar-refractivity contribution is 6.04. The molecule has 3 aromatic rings. The molecule has 6 heteroatoms. The largest absolute Gasteiger partial charge is 0.493 e. The number of nitrogens with one attached hydrogen (secondary N) is 2. The van der Waals surface area contributed by atoms with Gasteiger partial charge >= 0.3 is 0 Å². The minimum atomic E-state index is -0.247. The van der Waals surface area contributed by atoms with E-state index in [1.54, 1.807) is 37.6 Å². The summed E-state index contributed by atoms with van der Waals surface area (Å²) >= 11 is 0. The number of nitrogens with zero attached hydrogens (tertiary/aromatic N) is 1. The lowest BCUT2D eigenvalue weighted by Gasteiger charge is -2.10. The van der Waals surface area contributed by atoms with Gasteiger partial charge in [-0.15, -0.1) is 0 Å². The van der Waals surface area contributed by atoms with Crippen molar-refractivity contribution in [1.29, 1.82) is 0 Å². The Morgan fingerprint density at radius 3 is 2.41 bits per heavy atom. The minimum absolute atomic E-state index is 0.247. The fraction of sp³-hybridized carbons (Fsp3) is 0.143. The van der Waals surface area contributed by atoms with E-state index in [0.29, 0.717) is 29.3 Å². The molecule has 0 aliphatic rings. The van der Waals surface area contributed by atoms with E-state index in [1.165, 1.54) is 12.7 Å². The highest BCUT2D eigenvalue weighted by atomic mass is 16.5. The third-order valence-electron chi connectivity index (χ3n) is 3.98. The Bertz CT molecular complexity index is 896. The van der Waals surface area contributed by atoms with Crippen molar-refractivity contribution in [1.82, 2.24) is 4.98 Å². The topological polar surface area (TPSA) is 72.5 Å². The lowest BCUT2D eigenvalue weighted by atomic mass is 10.2. The Hall–Kier alpha value is -3.54. The SMILES string of the molecule is COc1ccc(C(=O)Nc2ccc(NCc3ccccc3)nc2)cc1OC. The van der Waals surface area contributed by atoms with Gasteiger partial charge in [-0.05, 0) is 35.9 Å². The van der Waals surface area contributed by atoms with Crippen LogP contribution in [0.25, 0.3) is 0 Å². The molecule has 0 atom stereocenters. The van der Waals surface area contributed by atoms with Crippen molar-refractivity contribution in [2.45, 2.75) is 6.54 Å². The van der Waals surface area contributed by atoms with Crippen LogP contribution in [0.1, 0.15) is 15.9 Å². The Labute approximate surface area is 158 Å². The standard InChI is InChI=1S/C21H21N3O3/c1-26-18-10-8-16(12-19(18)27-2)21(25)24-17-9-11-20(23-14-17)22-13-15-6-4-3-5-7-15/h3-12,14H,13H2,1-2H3,(H,22,23)(H,24,25). The highest BCUT2D eigenvalue weighted by Crippen LogP contribution is 2.27. The second-order valence-electron chi connectivity index (χ2n) is 5.80. The van der Waals surface area contributed by atoms with Crippen molar-refractivity contribution in [2.75, 3.05) is 24.9 Å². The van der Waals surface area contributed by atoms with Gasteiger partial charge in [0.2, 0.25) is 0 Å². The van der Waals surface area contributed by atoms with Crippen LogP contribution in [0.15, 0.2) is 66.9 Å². The van der Waals surface area contributed by atoms with Crippen LogP contribution in [-0.2, 0) is 6.54 Å². The smallest absolute Gasteiger partial charge is 0.255 e. The van der Waals surface area contributed by atoms with Crippen LogP contribution in [0.5, 0.6) is 11.5 Å². The van der Waals surface area contributed by atoms with E-state index in [9.17, 15) is 4.79 Å². The monoisotopic (exact) mass is 363 g/mol. The molecule has 2 aromatic carbocycles. The van der Waals surface area contributed by atoms with E-state index >= 15 is 0 Å². The zero-order valence-corrected chi connectivity index (χ0v) is 15.2. The normalized spacial score (nSPS) is 10.1. The number of pyridine rings is 1. The average Bonchev–Trinajstić information content (AvgIpc) is 2.73. The first kappa shape index (κ1) is 18.3. The molecule has 0 aliphatic heterocycles. The van der Waals surface area contributed by atoms with Crippen molar-refractivity contribution < 1.29 is 14.3 Å². The van der Waals surface area contributed by atoms with Gasteiger partial charge in [0.1, 0.15) is 5.82 Å². The first-order valence-corrected chi connectivity index (χ1v) is 8.47. The molecule has 0 radical (unpaired) electrons. The van der Waals surface area contributed by atoms with Crippen LogP contribution >= 0.6 is 0 Å². The number of hydrogen-bond acceptors (Lipinski definition) is 5. The highest BCUT2D eigenvalue weighted by Gasteiger charge is 2.11. The summed E-state index contributed by atoms with van der Waals surface area (Å²) in [4.78, 5) is 16.8. The zero-order chi connectivity index (χ0) is 19.1. The number of benzene rings is 2. The van der Waals surface area contributed by atoms with Crippen molar-refractivity contribution in [3.8, 4) is 11.5 Å². The number of anilines is 2. The molecular weight excluding hydrogens is 342 g/mol. The summed E-state index contributed by atoms with van der Waals surface area (Å²) in [6, 6.07) is 18.7. The summed E-state index contributed by atoms with van der Waals surface area (Å²) in [6.45, 7) is 0.686. The van der Waals surface area contributed by atoms with E-state index in [2.05, 4.69) is 15.6 Å². The van der Waals surface area contributed by atoms with Crippen LogP contribution in [-0.4, -0.2) is 25.1 Å². The van der Waals surface area contributed by atoms with E-state index in [-0.39, 0.29) is 5.91 Å². The Balaban J connectivity index is 1.61. The molecule has 138 valence electrons. The van der Waals surface area contributed by atoms with Crippen LogP contribution < -0.4 is 20.1 Å². The number of aromatic nitrogens is 1. The molecule has 2 N–H and O–H groups in total. The van der Waals surface area contributed by atoms with E-state index in [0.717, 1.165) is 5.82 Å². The summed E-state index contributed by atoms with van der Waals surface area (Å²) in [5.41, 5.74) is 2.25. The summed E-state index contributed by atoms with van der Waals surface area (Å²) in [5.74, 6) is 1.57. The van der Waals surface area contributed by atoms with Gasteiger partial charge in [-0.1, -0.05) is 30.3 Å². The van der Waals surface area contributed by atoms with E-state index in [1.807, 2.05) is 36.4 Å². The Morgan fingerprint density at radius 2 is 1.74 bits per heavy atom. The van der Waals surface area contributed by atoms with Gasteiger partial charge in [-0.2, -0.15) is 0 Å². The molecule has 1 aromatic heterocycles. The molecule has 0 unspecified atom stereocenters. The Morgan fingerprint density at radius 1 is 0.963 bits per heavy atom. The fourth-order valence-corrected chi connectivity index (χ4v) is 2.54. The van der Waals surface area contributed by atoms with Crippen LogP contribution in [0.4, 0.5) is 11.5 Å². The number of amides is 1. The van der Waals surface area contributed by atoms with Gasteiger partial charge in [-0.25, -0.2) is 4.98 Å². The number of hydrogen-bond donors (Lipinski definition) is 2. The maximum absolute atomic E-state index is 12.4. The molecule has 0 bridgehead atoms. The van der Waals surface area contributed by atoms with Gasteiger partial charge in [0.15, 0.2) is 11.5 Å². The second-order valence-corrected chi connectivity index (χ2v) is 5.80. The number of rotatable bonds is 7. The van der Waals surface area contributed by atoms with Gasteiger partial charge in [0.05, 0.1) is 26.1 Å². The molecular formula is C21H21N3O3. The molecule has 27 heavy (non-hydrogen) atoms. The summed E-state index contributed by atoms with van der Waals surface area (Å²) in [6.07, 6.45) is 1.62. The quantitative estimate of drug-likeness (QED) is 0.665. The summed E-state index contributed by atoms with van der Waals surface area (Å²) < 4.78 is 10.4. The second kappa shape index (κ2) is 8.71. The molecule has 3 rings (SSSR count). The molecule has 0 saturated carbocycles. The molecule has 0 saturated heterocycles. The maximum atomic E-state index is 12.4. The molecule has 1 amide bonds. The number of carbonyl (C=O) groups excluding carboxylic acids is 1. The van der Waals surface area contributed by atoms with Gasteiger partial charge in [0, 0.05) is 12.1 Å². The summed E-state index contributed by atoms with van der Waals surface area (Å²) in [7, 11) is 3.08. The molecule has 6 nitrogen and oxygen atoms in total. The van der Waals surface area contributed by atoms with Crippen molar-refractivity contribution in [3.63, 3.8) is 0 Å². The van der Waals surface area contributed by atoms with Gasteiger partial charge in [-0.3, -0.25) is 4.79 Å². The maximum Gasteiger partial charge on any atom is 0.255 e. The molecule has 1 heterocycles. The predicted octanol–water partition coefficient (Wildman–Crippen LogP) is 3.96. The third-order valence-corrected chi connectivity index (χ3v) is 3.98. The van der Waals surface area contributed by atoms with Crippen molar-refractivity contribution >= 4 is 17.4 Å². The predicted molar refractivity (Wildman–Crippen MR) is 106 cm³/mol. The van der Waals surface area contributed by atoms with Crippen molar-refractivity contribution in [3.05, 3.63) is 78.0 Å². The van der Waals surface area contributed by atoms with E-state index < -0.39 is 0 Å². The number of ether oxygens (including phenoxy) is 2. The zero-order valence-electron chi connectivity index (χ0n) is 15.2. The lowest BCUT2D eigenvalue weighted by molar-refractivity contribution is 0.102. The average molecular weight is 363 g/mol. The number of methoxy groups -OCH3 is 2.